The SMILES string of the molecule is CC1CCC(CNc2cccc(Cl)c2[N+](=O)[O-])C1. The Morgan fingerprint density at radius 3 is 2.89 bits per heavy atom. The highest BCUT2D eigenvalue weighted by atomic mass is 35.5. The average molecular weight is 269 g/mol. The highest BCUT2D eigenvalue weighted by Gasteiger charge is 2.23. The largest absolute Gasteiger partial charge is 0.379 e. The van der Waals surface area contributed by atoms with Crippen LogP contribution in [-0.2, 0) is 0 Å². The van der Waals surface area contributed by atoms with Crippen LogP contribution >= 0.6 is 11.6 Å². The van der Waals surface area contributed by atoms with Gasteiger partial charge in [0.05, 0.1) is 4.92 Å². The van der Waals surface area contributed by atoms with Gasteiger partial charge in [-0.1, -0.05) is 31.0 Å². The molecule has 2 rings (SSSR count). The summed E-state index contributed by atoms with van der Waals surface area (Å²) in [7, 11) is 0. The molecule has 5 heteroatoms. The van der Waals surface area contributed by atoms with Gasteiger partial charge in [0.2, 0.25) is 0 Å². The summed E-state index contributed by atoms with van der Waals surface area (Å²) in [5.74, 6) is 1.38. The molecule has 1 fully saturated rings. The average Bonchev–Trinajstić information content (AvgIpc) is 2.72. The van der Waals surface area contributed by atoms with Crippen molar-refractivity contribution in [2.24, 2.45) is 11.8 Å². The summed E-state index contributed by atoms with van der Waals surface area (Å²) >= 11 is 5.86. The van der Waals surface area contributed by atoms with E-state index in [4.69, 9.17) is 11.6 Å². The summed E-state index contributed by atoms with van der Waals surface area (Å²) in [6.45, 7) is 3.04. The molecule has 2 atom stereocenters. The van der Waals surface area contributed by atoms with Crippen molar-refractivity contribution in [1.29, 1.82) is 0 Å². The van der Waals surface area contributed by atoms with E-state index >= 15 is 0 Å². The van der Waals surface area contributed by atoms with Crippen molar-refractivity contribution in [3.05, 3.63) is 33.3 Å². The molecule has 1 N–H and O–H groups in total. The first-order valence-electron chi connectivity index (χ1n) is 6.24. The molecule has 2 unspecified atom stereocenters. The van der Waals surface area contributed by atoms with Gasteiger partial charge in [0.1, 0.15) is 10.7 Å². The second kappa shape index (κ2) is 5.57. The number of anilines is 1. The Balaban J connectivity index is 2.05. The molecule has 98 valence electrons. The Labute approximate surface area is 111 Å². The maximum Gasteiger partial charge on any atom is 0.310 e. The van der Waals surface area contributed by atoms with Crippen LogP contribution < -0.4 is 5.32 Å². The minimum absolute atomic E-state index is 0.0230. The molecule has 1 aliphatic rings. The normalized spacial score (nSPS) is 23.0. The first-order chi connectivity index (χ1) is 8.58. The summed E-state index contributed by atoms with van der Waals surface area (Å²) < 4.78 is 0. The number of hydrogen-bond donors (Lipinski definition) is 1. The Morgan fingerprint density at radius 2 is 2.28 bits per heavy atom. The fourth-order valence-electron chi connectivity index (χ4n) is 2.61. The van der Waals surface area contributed by atoms with E-state index in [-0.39, 0.29) is 10.7 Å². The van der Waals surface area contributed by atoms with Gasteiger partial charge in [0, 0.05) is 6.54 Å². The maximum atomic E-state index is 11.0. The number of nitro benzene ring substituents is 1. The highest BCUT2D eigenvalue weighted by molar-refractivity contribution is 6.33. The molecule has 1 aliphatic carbocycles. The van der Waals surface area contributed by atoms with Gasteiger partial charge in [0.25, 0.3) is 0 Å². The number of para-hydroxylation sites is 1. The lowest BCUT2D eigenvalue weighted by atomic mass is 10.1. The quantitative estimate of drug-likeness (QED) is 0.661. The molecule has 1 saturated carbocycles. The topological polar surface area (TPSA) is 55.2 Å². The van der Waals surface area contributed by atoms with E-state index < -0.39 is 4.92 Å². The summed E-state index contributed by atoms with van der Waals surface area (Å²) in [6.07, 6.45) is 3.65. The molecule has 18 heavy (non-hydrogen) atoms. The van der Waals surface area contributed by atoms with Crippen LogP contribution in [0.2, 0.25) is 5.02 Å². The van der Waals surface area contributed by atoms with Gasteiger partial charge in [-0.15, -0.1) is 0 Å². The van der Waals surface area contributed by atoms with Gasteiger partial charge in [-0.25, -0.2) is 0 Å². The molecule has 0 aromatic heterocycles. The van der Waals surface area contributed by atoms with E-state index in [1.165, 1.54) is 19.3 Å². The number of benzene rings is 1. The molecule has 0 spiro atoms. The van der Waals surface area contributed by atoms with Crippen molar-refractivity contribution < 1.29 is 4.92 Å². The molecule has 1 aromatic rings. The zero-order valence-electron chi connectivity index (χ0n) is 10.4. The van der Waals surface area contributed by atoms with Crippen LogP contribution in [0, 0.1) is 22.0 Å². The highest BCUT2D eigenvalue weighted by Crippen LogP contribution is 2.34. The molecule has 0 bridgehead atoms. The van der Waals surface area contributed by atoms with Gasteiger partial charge >= 0.3 is 5.69 Å². The van der Waals surface area contributed by atoms with Crippen molar-refractivity contribution in [2.75, 3.05) is 11.9 Å². The van der Waals surface area contributed by atoms with Crippen LogP contribution in [0.4, 0.5) is 11.4 Å². The minimum Gasteiger partial charge on any atom is -0.379 e. The summed E-state index contributed by atoms with van der Waals surface area (Å²) in [5, 5.41) is 14.3. The van der Waals surface area contributed by atoms with Crippen molar-refractivity contribution in [2.45, 2.75) is 26.2 Å². The number of nitro groups is 1. The number of nitrogens with zero attached hydrogens (tertiary/aromatic N) is 1. The van der Waals surface area contributed by atoms with Gasteiger partial charge in [0.15, 0.2) is 0 Å². The molecule has 0 radical (unpaired) electrons. The fraction of sp³-hybridized carbons (Fsp3) is 0.538. The third kappa shape index (κ3) is 2.93. The Bertz CT molecular complexity index is 451. The van der Waals surface area contributed by atoms with Crippen molar-refractivity contribution in [3.8, 4) is 0 Å². The van der Waals surface area contributed by atoms with Crippen LogP contribution in [0.3, 0.4) is 0 Å². The lowest BCUT2D eigenvalue weighted by molar-refractivity contribution is -0.383. The van der Waals surface area contributed by atoms with Crippen molar-refractivity contribution in [1.82, 2.24) is 0 Å². The number of hydrogen-bond acceptors (Lipinski definition) is 3. The lowest BCUT2D eigenvalue weighted by Gasteiger charge is -2.12. The molecule has 4 nitrogen and oxygen atoms in total. The predicted molar refractivity (Wildman–Crippen MR) is 73.1 cm³/mol. The van der Waals surface area contributed by atoms with E-state index in [1.807, 2.05) is 0 Å². The number of rotatable bonds is 4. The molecular formula is C13H17ClN2O2. The summed E-state index contributed by atoms with van der Waals surface area (Å²) in [6, 6.07) is 4.99. The monoisotopic (exact) mass is 268 g/mol. The van der Waals surface area contributed by atoms with Gasteiger partial charge in [-0.05, 0) is 36.8 Å². The number of halogens is 1. The first-order valence-corrected chi connectivity index (χ1v) is 6.62. The lowest BCUT2D eigenvalue weighted by Crippen LogP contribution is -2.12. The molecule has 0 aliphatic heterocycles. The van der Waals surface area contributed by atoms with Gasteiger partial charge in [-0.3, -0.25) is 10.1 Å². The van der Waals surface area contributed by atoms with E-state index in [1.54, 1.807) is 18.2 Å². The van der Waals surface area contributed by atoms with Crippen LogP contribution in [0.1, 0.15) is 26.2 Å². The smallest absolute Gasteiger partial charge is 0.310 e. The zero-order valence-corrected chi connectivity index (χ0v) is 11.1. The second-order valence-corrected chi connectivity index (χ2v) is 5.47. The maximum absolute atomic E-state index is 11.0. The van der Waals surface area contributed by atoms with Crippen molar-refractivity contribution in [3.63, 3.8) is 0 Å². The van der Waals surface area contributed by atoms with Crippen LogP contribution in [0.15, 0.2) is 18.2 Å². The van der Waals surface area contributed by atoms with E-state index in [0.717, 1.165) is 12.5 Å². The van der Waals surface area contributed by atoms with Crippen LogP contribution in [0.5, 0.6) is 0 Å². The van der Waals surface area contributed by atoms with E-state index in [2.05, 4.69) is 12.2 Å². The van der Waals surface area contributed by atoms with E-state index in [9.17, 15) is 10.1 Å². The third-order valence-corrected chi connectivity index (χ3v) is 3.86. The molecule has 0 saturated heterocycles. The zero-order chi connectivity index (χ0) is 13.1. The minimum atomic E-state index is -0.429. The standard InChI is InChI=1S/C13H17ClN2O2/c1-9-5-6-10(7-9)8-15-12-4-2-3-11(14)13(12)16(17)18/h2-4,9-10,15H,5-8H2,1H3. The first kappa shape index (κ1) is 13.1. The molecule has 0 heterocycles. The Kier molecular flexibility index (Phi) is 4.07. The third-order valence-electron chi connectivity index (χ3n) is 3.55. The predicted octanol–water partition coefficient (Wildman–Crippen LogP) is 4.10. The second-order valence-electron chi connectivity index (χ2n) is 5.06. The van der Waals surface area contributed by atoms with Crippen LogP contribution in [0.25, 0.3) is 0 Å². The molecular weight excluding hydrogens is 252 g/mol. The van der Waals surface area contributed by atoms with Crippen LogP contribution in [-0.4, -0.2) is 11.5 Å². The van der Waals surface area contributed by atoms with Gasteiger partial charge in [-0.2, -0.15) is 0 Å². The van der Waals surface area contributed by atoms with E-state index in [0.29, 0.717) is 11.6 Å². The fourth-order valence-corrected chi connectivity index (χ4v) is 2.85. The number of nitrogens with one attached hydrogen (secondary N) is 1. The van der Waals surface area contributed by atoms with Gasteiger partial charge < -0.3 is 5.32 Å². The Morgan fingerprint density at radius 1 is 1.50 bits per heavy atom. The summed E-state index contributed by atoms with van der Waals surface area (Å²) in [5.41, 5.74) is 0.497. The summed E-state index contributed by atoms with van der Waals surface area (Å²) in [4.78, 5) is 10.5. The molecule has 1 aromatic carbocycles. The Hall–Kier alpha value is -1.29. The molecule has 0 amide bonds. The van der Waals surface area contributed by atoms with Crippen molar-refractivity contribution >= 4 is 23.0 Å².